The summed E-state index contributed by atoms with van der Waals surface area (Å²) in [4.78, 5) is 10.1. The van der Waals surface area contributed by atoms with Gasteiger partial charge in [0, 0.05) is 6.42 Å². The summed E-state index contributed by atoms with van der Waals surface area (Å²) < 4.78 is 0. The molecular formula is C18H34O. The van der Waals surface area contributed by atoms with Crippen LogP contribution in [0.5, 0.6) is 0 Å². The highest BCUT2D eigenvalue weighted by molar-refractivity contribution is 5.48. The standard InChI is InChI=1S/C18H34O/c1-2-3-4-5-6-7-8-9-10-11-12-13-14-15-16-17-18-19/h5-6,18H,2-4,7-17H2,1H3. The van der Waals surface area contributed by atoms with E-state index in [9.17, 15) is 4.79 Å². The molecule has 0 aromatic heterocycles. The van der Waals surface area contributed by atoms with Gasteiger partial charge in [-0.15, -0.1) is 0 Å². The second kappa shape index (κ2) is 17.4. The van der Waals surface area contributed by atoms with Gasteiger partial charge in [-0.3, -0.25) is 0 Å². The van der Waals surface area contributed by atoms with Crippen LogP contribution in [0.3, 0.4) is 0 Å². The highest BCUT2D eigenvalue weighted by Crippen LogP contribution is 2.11. The van der Waals surface area contributed by atoms with Crippen LogP contribution in [-0.4, -0.2) is 6.29 Å². The molecule has 0 atom stereocenters. The Morgan fingerprint density at radius 2 is 1.00 bits per heavy atom. The van der Waals surface area contributed by atoms with Gasteiger partial charge in [-0.05, 0) is 25.7 Å². The molecule has 0 aromatic rings. The highest BCUT2D eigenvalue weighted by Gasteiger charge is 1.92. The predicted molar refractivity (Wildman–Crippen MR) is 85.5 cm³/mol. The molecule has 1 heteroatoms. The molecule has 0 aliphatic heterocycles. The van der Waals surface area contributed by atoms with Crippen LogP contribution < -0.4 is 0 Å². The molecule has 0 spiro atoms. The minimum atomic E-state index is 0.756. The Bertz CT molecular complexity index is 196. The van der Waals surface area contributed by atoms with Gasteiger partial charge < -0.3 is 4.79 Å². The normalized spacial score (nSPS) is 11.2. The first-order chi connectivity index (χ1) is 9.41. The highest BCUT2D eigenvalue weighted by atomic mass is 16.1. The van der Waals surface area contributed by atoms with Crippen molar-refractivity contribution in [1.29, 1.82) is 0 Å². The summed E-state index contributed by atoms with van der Waals surface area (Å²) in [5, 5.41) is 0. The Morgan fingerprint density at radius 3 is 1.47 bits per heavy atom. The Labute approximate surface area is 120 Å². The summed E-state index contributed by atoms with van der Waals surface area (Å²) >= 11 is 0. The first kappa shape index (κ1) is 18.4. The lowest BCUT2D eigenvalue weighted by Gasteiger charge is -2.01. The number of hydrogen-bond donors (Lipinski definition) is 0. The van der Waals surface area contributed by atoms with Gasteiger partial charge >= 0.3 is 0 Å². The summed E-state index contributed by atoms with van der Waals surface area (Å²) in [5.41, 5.74) is 0. The maximum Gasteiger partial charge on any atom is 0.119 e. The van der Waals surface area contributed by atoms with E-state index in [1.54, 1.807) is 0 Å². The van der Waals surface area contributed by atoms with Crippen molar-refractivity contribution >= 4 is 6.29 Å². The fraction of sp³-hybridized carbons (Fsp3) is 0.833. The molecule has 0 radical (unpaired) electrons. The quantitative estimate of drug-likeness (QED) is 0.195. The first-order valence-electron chi connectivity index (χ1n) is 8.50. The van der Waals surface area contributed by atoms with Gasteiger partial charge in [-0.25, -0.2) is 0 Å². The average Bonchev–Trinajstić information content (AvgIpc) is 2.43. The van der Waals surface area contributed by atoms with E-state index in [0.29, 0.717) is 0 Å². The minimum Gasteiger partial charge on any atom is -0.303 e. The van der Waals surface area contributed by atoms with Gasteiger partial charge in [0.2, 0.25) is 0 Å². The van der Waals surface area contributed by atoms with Crippen LogP contribution >= 0.6 is 0 Å². The van der Waals surface area contributed by atoms with Crippen molar-refractivity contribution in [1.82, 2.24) is 0 Å². The van der Waals surface area contributed by atoms with Crippen molar-refractivity contribution < 1.29 is 4.79 Å². The lowest BCUT2D eigenvalue weighted by molar-refractivity contribution is -0.107. The summed E-state index contributed by atoms with van der Waals surface area (Å²) in [5.74, 6) is 0. The van der Waals surface area contributed by atoms with E-state index in [4.69, 9.17) is 0 Å². The molecule has 0 aliphatic carbocycles. The third-order valence-corrected chi connectivity index (χ3v) is 3.58. The number of carbonyl (C=O) groups is 1. The third-order valence-electron chi connectivity index (χ3n) is 3.58. The summed E-state index contributed by atoms with van der Waals surface area (Å²) in [7, 11) is 0. The van der Waals surface area contributed by atoms with Gasteiger partial charge in [0.05, 0.1) is 0 Å². The molecule has 0 saturated heterocycles. The zero-order valence-electron chi connectivity index (χ0n) is 13.0. The van der Waals surface area contributed by atoms with Crippen LogP contribution in [-0.2, 0) is 4.79 Å². The van der Waals surface area contributed by atoms with Crippen LogP contribution in [0.1, 0.15) is 96.8 Å². The maximum atomic E-state index is 10.1. The molecular weight excluding hydrogens is 232 g/mol. The molecule has 0 N–H and O–H groups in total. The zero-order chi connectivity index (χ0) is 14.0. The largest absolute Gasteiger partial charge is 0.303 e. The van der Waals surface area contributed by atoms with E-state index >= 15 is 0 Å². The van der Waals surface area contributed by atoms with Crippen LogP contribution in [0.25, 0.3) is 0 Å². The molecule has 0 unspecified atom stereocenters. The van der Waals surface area contributed by atoms with Gasteiger partial charge in [0.15, 0.2) is 0 Å². The topological polar surface area (TPSA) is 17.1 Å². The van der Waals surface area contributed by atoms with Crippen molar-refractivity contribution in [3.63, 3.8) is 0 Å². The van der Waals surface area contributed by atoms with Crippen molar-refractivity contribution in [2.24, 2.45) is 0 Å². The predicted octanol–water partition coefficient (Wildman–Crippen LogP) is 6.22. The summed E-state index contributed by atoms with van der Waals surface area (Å²) in [6, 6.07) is 0. The number of hydrogen-bond acceptors (Lipinski definition) is 1. The number of allylic oxidation sites excluding steroid dienone is 2. The molecule has 0 heterocycles. The third kappa shape index (κ3) is 17.4. The lowest BCUT2D eigenvalue weighted by Crippen LogP contribution is -1.82. The number of aldehydes is 1. The number of unbranched alkanes of at least 4 members (excludes halogenated alkanes) is 12. The van der Waals surface area contributed by atoms with Crippen LogP contribution in [0.4, 0.5) is 0 Å². The molecule has 0 aromatic carbocycles. The first-order valence-corrected chi connectivity index (χ1v) is 8.50. The SMILES string of the molecule is CCCCC=CCCCCCCCCCCCC=O. The van der Waals surface area contributed by atoms with Crippen molar-refractivity contribution in [3.8, 4) is 0 Å². The fourth-order valence-electron chi connectivity index (χ4n) is 2.28. The van der Waals surface area contributed by atoms with E-state index in [0.717, 1.165) is 19.1 Å². The van der Waals surface area contributed by atoms with E-state index < -0.39 is 0 Å². The zero-order valence-corrected chi connectivity index (χ0v) is 13.0. The Balaban J connectivity index is 2.98. The van der Waals surface area contributed by atoms with Crippen molar-refractivity contribution in [2.45, 2.75) is 96.8 Å². The van der Waals surface area contributed by atoms with Gasteiger partial charge in [0.1, 0.15) is 6.29 Å². The van der Waals surface area contributed by atoms with Gasteiger partial charge in [-0.1, -0.05) is 76.9 Å². The van der Waals surface area contributed by atoms with Crippen molar-refractivity contribution in [2.75, 3.05) is 0 Å². The van der Waals surface area contributed by atoms with E-state index in [1.807, 2.05) is 0 Å². The fourth-order valence-corrected chi connectivity index (χ4v) is 2.28. The smallest absolute Gasteiger partial charge is 0.119 e. The average molecular weight is 266 g/mol. The molecule has 0 fully saturated rings. The molecule has 0 saturated carbocycles. The lowest BCUT2D eigenvalue weighted by atomic mass is 10.1. The van der Waals surface area contributed by atoms with Crippen LogP contribution in [0.15, 0.2) is 12.2 Å². The molecule has 1 nitrogen and oxygen atoms in total. The number of carbonyl (C=O) groups excluding carboxylic acids is 1. The van der Waals surface area contributed by atoms with E-state index in [1.165, 1.54) is 77.0 Å². The Hall–Kier alpha value is -0.590. The second-order valence-corrected chi connectivity index (χ2v) is 5.54. The van der Waals surface area contributed by atoms with Crippen LogP contribution in [0.2, 0.25) is 0 Å². The Morgan fingerprint density at radius 1 is 0.579 bits per heavy atom. The van der Waals surface area contributed by atoms with Gasteiger partial charge in [0.25, 0.3) is 0 Å². The van der Waals surface area contributed by atoms with E-state index in [2.05, 4.69) is 19.1 Å². The number of rotatable bonds is 15. The molecule has 0 aliphatic rings. The molecule has 19 heavy (non-hydrogen) atoms. The van der Waals surface area contributed by atoms with Gasteiger partial charge in [-0.2, -0.15) is 0 Å². The summed E-state index contributed by atoms with van der Waals surface area (Å²) in [6.45, 7) is 2.25. The van der Waals surface area contributed by atoms with Crippen LogP contribution in [0, 0.1) is 0 Å². The maximum absolute atomic E-state index is 10.1. The Kier molecular flexibility index (Phi) is 16.9. The van der Waals surface area contributed by atoms with E-state index in [-0.39, 0.29) is 0 Å². The monoisotopic (exact) mass is 266 g/mol. The molecule has 0 rings (SSSR count). The molecule has 0 amide bonds. The molecule has 0 bridgehead atoms. The van der Waals surface area contributed by atoms with Crippen molar-refractivity contribution in [3.05, 3.63) is 12.2 Å². The second-order valence-electron chi connectivity index (χ2n) is 5.54. The molecule has 112 valence electrons. The summed E-state index contributed by atoms with van der Waals surface area (Å²) in [6.07, 6.45) is 23.6. The minimum absolute atomic E-state index is 0.756.